The molecule has 4 nitrogen and oxygen atoms in total. The Labute approximate surface area is 200 Å². The van der Waals surface area contributed by atoms with Crippen molar-refractivity contribution in [3.63, 3.8) is 0 Å². The fourth-order valence-corrected chi connectivity index (χ4v) is 10.2. The Balaban J connectivity index is 1.24. The minimum atomic E-state index is -0.127. The second kappa shape index (κ2) is 7.56. The van der Waals surface area contributed by atoms with Crippen molar-refractivity contribution in [2.24, 2.45) is 46.3 Å². The Morgan fingerprint density at radius 1 is 1.12 bits per heavy atom. The van der Waals surface area contributed by atoms with Gasteiger partial charge in [-0.2, -0.15) is 0 Å². The first-order valence-electron chi connectivity index (χ1n) is 14.0. The highest BCUT2D eigenvalue weighted by Crippen LogP contribution is 2.70. The summed E-state index contributed by atoms with van der Waals surface area (Å²) in [5, 5.41) is 3.88. The Kier molecular flexibility index (Phi) is 5.18. The van der Waals surface area contributed by atoms with Crippen LogP contribution in [0.4, 0.5) is 0 Å². The lowest BCUT2D eigenvalue weighted by Gasteiger charge is -2.58. The van der Waals surface area contributed by atoms with Gasteiger partial charge in [-0.25, -0.2) is 0 Å². The van der Waals surface area contributed by atoms with Crippen LogP contribution in [0, 0.1) is 46.3 Å². The largest absolute Gasteiger partial charge is 0.462 e. The monoisotopic (exact) mass is 455 g/mol. The van der Waals surface area contributed by atoms with Crippen molar-refractivity contribution in [1.29, 1.82) is 0 Å². The van der Waals surface area contributed by atoms with Crippen molar-refractivity contribution >= 4 is 5.97 Å². The number of rotatable bonds is 1. The molecule has 0 amide bonds. The zero-order valence-electron chi connectivity index (χ0n) is 21.5. The van der Waals surface area contributed by atoms with Crippen LogP contribution < -0.4 is 5.32 Å². The van der Waals surface area contributed by atoms with Gasteiger partial charge in [-0.3, -0.25) is 10.1 Å². The van der Waals surface area contributed by atoms with Crippen molar-refractivity contribution in [2.45, 2.75) is 110 Å². The lowest BCUT2D eigenvalue weighted by molar-refractivity contribution is -0.148. The van der Waals surface area contributed by atoms with E-state index >= 15 is 0 Å². The van der Waals surface area contributed by atoms with Crippen LogP contribution in [0.1, 0.15) is 92.4 Å². The number of ether oxygens (including phenoxy) is 2. The van der Waals surface area contributed by atoms with Crippen LogP contribution in [0.3, 0.4) is 0 Å². The number of fused-ring (bicyclic) bond motifs is 7. The van der Waals surface area contributed by atoms with Gasteiger partial charge in [0.1, 0.15) is 11.8 Å². The fourth-order valence-electron chi connectivity index (χ4n) is 10.2. The summed E-state index contributed by atoms with van der Waals surface area (Å²) in [6.07, 6.45) is 13.9. The fraction of sp³-hybridized carbons (Fsp3) is 0.897. The molecule has 184 valence electrons. The number of hydrogen-bond acceptors (Lipinski definition) is 4. The van der Waals surface area contributed by atoms with Gasteiger partial charge in [0.2, 0.25) is 0 Å². The van der Waals surface area contributed by atoms with E-state index in [4.69, 9.17) is 9.47 Å². The number of nitrogens with one attached hydrogen (secondary N) is 1. The molecular formula is C29H45NO3. The van der Waals surface area contributed by atoms with E-state index in [1.54, 1.807) is 12.5 Å². The zero-order chi connectivity index (χ0) is 23.2. The lowest BCUT2D eigenvalue weighted by atomic mass is 9.47. The summed E-state index contributed by atoms with van der Waals surface area (Å²) in [5.74, 6) is 4.30. The van der Waals surface area contributed by atoms with Crippen LogP contribution in [0.5, 0.6) is 0 Å². The molecule has 0 radical (unpaired) electrons. The topological polar surface area (TPSA) is 47.6 Å². The van der Waals surface area contributed by atoms with Gasteiger partial charge in [0.05, 0.1) is 6.10 Å². The van der Waals surface area contributed by atoms with Gasteiger partial charge >= 0.3 is 5.97 Å². The Hall–Kier alpha value is -0.870. The molecule has 33 heavy (non-hydrogen) atoms. The minimum Gasteiger partial charge on any atom is -0.462 e. The maximum absolute atomic E-state index is 11.5. The van der Waals surface area contributed by atoms with Gasteiger partial charge < -0.3 is 9.47 Å². The average Bonchev–Trinajstić information content (AvgIpc) is 3.21. The van der Waals surface area contributed by atoms with Crippen molar-refractivity contribution in [1.82, 2.24) is 5.32 Å². The smallest absolute Gasteiger partial charge is 0.302 e. The lowest BCUT2D eigenvalue weighted by Crippen LogP contribution is -2.57. The van der Waals surface area contributed by atoms with E-state index in [2.05, 4.69) is 39.1 Å². The van der Waals surface area contributed by atoms with Gasteiger partial charge in [-0.1, -0.05) is 39.3 Å². The summed E-state index contributed by atoms with van der Waals surface area (Å²) >= 11 is 0. The molecule has 2 aliphatic heterocycles. The van der Waals surface area contributed by atoms with E-state index in [1.165, 1.54) is 44.9 Å². The normalized spacial score (nSPS) is 55.2. The Morgan fingerprint density at radius 3 is 2.67 bits per heavy atom. The SMILES string of the molecule is CC(=O)OC1CC[C@@]2(C)C(=CC[C@H]3[C@@H]4C[C@@H]5OC6(CCC(C)CN6)[C@@H](C)[C@@H]5[C@@]4(C)CC[C@@H]32)C1. The summed E-state index contributed by atoms with van der Waals surface area (Å²) in [6, 6.07) is 0. The first kappa shape index (κ1) is 22.6. The molecule has 4 heteroatoms. The molecule has 5 fully saturated rings. The molecule has 2 heterocycles. The number of allylic oxidation sites excluding steroid dienone is 1. The van der Waals surface area contributed by atoms with Crippen LogP contribution in [0.25, 0.3) is 0 Å². The molecule has 0 bridgehead atoms. The second-order valence-corrected chi connectivity index (χ2v) is 13.4. The van der Waals surface area contributed by atoms with Crippen LogP contribution in [0.15, 0.2) is 11.6 Å². The summed E-state index contributed by atoms with van der Waals surface area (Å²) < 4.78 is 12.6. The molecule has 3 saturated carbocycles. The molecule has 3 unspecified atom stereocenters. The van der Waals surface area contributed by atoms with E-state index in [9.17, 15) is 4.79 Å². The molecule has 0 aromatic carbocycles. The third-order valence-electron chi connectivity index (χ3n) is 11.9. The third kappa shape index (κ3) is 3.18. The predicted molar refractivity (Wildman–Crippen MR) is 129 cm³/mol. The number of hydrogen-bond donors (Lipinski definition) is 1. The van der Waals surface area contributed by atoms with Crippen molar-refractivity contribution in [3.05, 3.63) is 11.6 Å². The van der Waals surface area contributed by atoms with Crippen LogP contribution in [0.2, 0.25) is 0 Å². The summed E-state index contributed by atoms with van der Waals surface area (Å²) in [7, 11) is 0. The van der Waals surface area contributed by atoms with Crippen LogP contribution in [-0.2, 0) is 14.3 Å². The second-order valence-electron chi connectivity index (χ2n) is 13.4. The van der Waals surface area contributed by atoms with Crippen molar-refractivity contribution < 1.29 is 14.3 Å². The maximum Gasteiger partial charge on any atom is 0.302 e. The van der Waals surface area contributed by atoms with Crippen molar-refractivity contribution in [3.8, 4) is 0 Å². The number of carbonyl (C=O) groups excluding carboxylic acids is 1. The molecular weight excluding hydrogens is 410 g/mol. The number of esters is 1. The van der Waals surface area contributed by atoms with E-state index in [0.29, 0.717) is 28.8 Å². The van der Waals surface area contributed by atoms with Crippen LogP contribution in [-0.4, -0.2) is 30.4 Å². The highest BCUT2D eigenvalue weighted by Gasteiger charge is 2.68. The van der Waals surface area contributed by atoms with Crippen molar-refractivity contribution in [2.75, 3.05) is 6.54 Å². The highest BCUT2D eigenvalue weighted by molar-refractivity contribution is 5.66. The van der Waals surface area contributed by atoms with Gasteiger partial charge in [-0.15, -0.1) is 0 Å². The summed E-state index contributed by atoms with van der Waals surface area (Å²) in [5.41, 5.74) is 2.24. The van der Waals surface area contributed by atoms with E-state index in [-0.39, 0.29) is 17.8 Å². The minimum absolute atomic E-state index is 0.0621. The summed E-state index contributed by atoms with van der Waals surface area (Å²) in [4.78, 5) is 11.5. The van der Waals surface area contributed by atoms with Crippen LogP contribution >= 0.6 is 0 Å². The zero-order valence-corrected chi connectivity index (χ0v) is 21.5. The molecule has 6 rings (SSSR count). The molecule has 0 aromatic rings. The first-order chi connectivity index (χ1) is 15.7. The molecule has 1 spiro atoms. The predicted octanol–water partition coefficient (Wildman–Crippen LogP) is 5.86. The molecule has 0 aromatic heterocycles. The molecule has 4 aliphatic carbocycles. The standard InChI is InChI=1S/C29H45NO3/c1-17-8-13-29(30-16-17)18(2)26-25(33-29)15-24-22-7-6-20-14-21(32-19(3)31)9-11-27(20,4)23(22)10-12-28(24,26)5/h6,17-18,21-26,30H,7-16H2,1-5H3/t17?,18-,21?,22+,23-,24-,25-,26-,27-,28-,29?/m0/s1. The molecule has 6 aliphatic rings. The van der Waals surface area contributed by atoms with Gasteiger partial charge in [-0.05, 0) is 91.8 Å². The van der Waals surface area contributed by atoms with Gasteiger partial charge in [0.25, 0.3) is 0 Å². The Bertz CT molecular complexity index is 844. The average molecular weight is 456 g/mol. The van der Waals surface area contributed by atoms with Gasteiger partial charge in [0.15, 0.2) is 0 Å². The summed E-state index contributed by atoms with van der Waals surface area (Å²) in [6.45, 7) is 12.7. The Morgan fingerprint density at radius 2 is 1.94 bits per heavy atom. The third-order valence-corrected chi connectivity index (χ3v) is 11.9. The highest BCUT2D eigenvalue weighted by atomic mass is 16.5. The van der Waals surface area contributed by atoms with E-state index in [1.807, 2.05) is 0 Å². The quantitative estimate of drug-likeness (QED) is 0.397. The van der Waals surface area contributed by atoms with E-state index in [0.717, 1.165) is 43.1 Å². The molecule has 1 N–H and O–H groups in total. The number of piperidine rings is 1. The maximum atomic E-state index is 11.5. The first-order valence-corrected chi connectivity index (χ1v) is 14.0. The van der Waals surface area contributed by atoms with E-state index < -0.39 is 0 Å². The molecule has 2 saturated heterocycles. The number of carbonyl (C=O) groups is 1. The van der Waals surface area contributed by atoms with Gasteiger partial charge in [0, 0.05) is 25.8 Å². The molecule has 11 atom stereocenters.